The fraction of sp³-hybridized carbons (Fsp3) is 0.143. The largest absolute Gasteiger partial charge is 0.497 e. The summed E-state index contributed by atoms with van der Waals surface area (Å²) in [5.41, 5.74) is 0.911. The number of terminal acetylenes is 1. The topological polar surface area (TPSA) is 57.3 Å². The molecule has 0 amide bonds. The van der Waals surface area contributed by atoms with Crippen LogP contribution in [0.5, 0.6) is 5.75 Å². The molecule has 2 rings (SSSR count). The molecule has 19 heavy (non-hydrogen) atoms. The van der Waals surface area contributed by atoms with Gasteiger partial charge in [0.15, 0.2) is 0 Å². The van der Waals surface area contributed by atoms with Gasteiger partial charge in [0.05, 0.1) is 7.11 Å². The maximum Gasteiger partial charge on any atom is 0.438 e. The average molecular weight is 256 g/mol. The first-order valence-electron chi connectivity index (χ1n) is 5.56. The van der Waals surface area contributed by atoms with Crippen molar-refractivity contribution in [3.05, 3.63) is 46.3 Å². The van der Waals surface area contributed by atoms with Gasteiger partial charge < -0.3 is 9.15 Å². The molecule has 0 bridgehead atoms. The van der Waals surface area contributed by atoms with E-state index >= 15 is 0 Å². The van der Waals surface area contributed by atoms with E-state index in [0.29, 0.717) is 0 Å². The van der Waals surface area contributed by atoms with Crippen LogP contribution in [0, 0.1) is 12.3 Å². The van der Waals surface area contributed by atoms with Gasteiger partial charge in [-0.3, -0.25) is 0 Å². The molecule has 0 fully saturated rings. The molecule has 5 nitrogen and oxygen atoms in total. The molecule has 0 radical (unpaired) electrons. The van der Waals surface area contributed by atoms with Gasteiger partial charge in [0.25, 0.3) is 0 Å². The van der Waals surface area contributed by atoms with Gasteiger partial charge in [-0.25, -0.2) is 4.79 Å². The summed E-state index contributed by atoms with van der Waals surface area (Å²) < 4.78 is 11.1. The number of methoxy groups -OCH3 is 1. The van der Waals surface area contributed by atoms with E-state index in [9.17, 15) is 4.79 Å². The highest BCUT2D eigenvalue weighted by atomic mass is 16.5. The van der Waals surface area contributed by atoms with E-state index in [1.807, 2.05) is 24.3 Å². The van der Waals surface area contributed by atoms with Crippen LogP contribution in [0.15, 0.2) is 33.5 Å². The average Bonchev–Trinajstić information content (AvgIpc) is 2.78. The van der Waals surface area contributed by atoms with Crippen LogP contribution in [0.3, 0.4) is 0 Å². The molecule has 0 atom stereocenters. The Hall–Kier alpha value is -2.74. The van der Waals surface area contributed by atoms with E-state index in [0.717, 1.165) is 16.0 Å². The normalized spacial score (nSPS) is 10.5. The Bertz CT molecular complexity index is 689. The highest BCUT2D eigenvalue weighted by Gasteiger charge is 2.03. The molecule has 0 unspecified atom stereocenters. The summed E-state index contributed by atoms with van der Waals surface area (Å²) in [6, 6.07) is 7.47. The molecule has 0 spiro atoms. The SMILES string of the molecule is C#CCn1nc(/C=C/c2cccc(OC)c2)oc1=O. The predicted octanol–water partition coefficient (Wildman–Crippen LogP) is 1.65. The Morgan fingerprint density at radius 1 is 1.53 bits per heavy atom. The standard InChI is InChI=1S/C14H12N2O3/c1-3-9-16-14(17)19-13(15-16)8-7-11-5-4-6-12(10-11)18-2/h1,4-8,10H,9H2,2H3/b8-7+. The molecule has 1 heterocycles. The van der Waals surface area contributed by atoms with Crippen molar-refractivity contribution >= 4 is 12.2 Å². The third-order valence-electron chi connectivity index (χ3n) is 2.38. The summed E-state index contributed by atoms with van der Waals surface area (Å²) in [6.45, 7) is 0.0926. The smallest absolute Gasteiger partial charge is 0.438 e. The van der Waals surface area contributed by atoms with Gasteiger partial charge in [0.1, 0.15) is 12.3 Å². The van der Waals surface area contributed by atoms with Crippen LogP contribution in [0.25, 0.3) is 12.2 Å². The molecule has 0 aliphatic heterocycles. The van der Waals surface area contributed by atoms with E-state index in [-0.39, 0.29) is 12.4 Å². The zero-order chi connectivity index (χ0) is 13.7. The Morgan fingerprint density at radius 2 is 2.37 bits per heavy atom. The van der Waals surface area contributed by atoms with Crippen molar-refractivity contribution < 1.29 is 9.15 Å². The third kappa shape index (κ3) is 3.13. The number of nitrogens with zero attached hydrogens (tertiary/aromatic N) is 2. The highest BCUT2D eigenvalue weighted by Crippen LogP contribution is 2.14. The second-order valence-corrected chi connectivity index (χ2v) is 3.68. The van der Waals surface area contributed by atoms with E-state index in [1.54, 1.807) is 19.3 Å². The lowest BCUT2D eigenvalue weighted by Crippen LogP contribution is -2.14. The fourth-order valence-electron chi connectivity index (χ4n) is 1.49. The van der Waals surface area contributed by atoms with Gasteiger partial charge in [-0.2, -0.15) is 4.68 Å². The summed E-state index contributed by atoms with van der Waals surface area (Å²) in [4.78, 5) is 11.3. The zero-order valence-electron chi connectivity index (χ0n) is 10.4. The second-order valence-electron chi connectivity index (χ2n) is 3.68. The zero-order valence-corrected chi connectivity index (χ0v) is 10.4. The van der Waals surface area contributed by atoms with Gasteiger partial charge in [-0.1, -0.05) is 18.1 Å². The van der Waals surface area contributed by atoms with Crippen LogP contribution in [0.4, 0.5) is 0 Å². The predicted molar refractivity (Wildman–Crippen MR) is 71.5 cm³/mol. The summed E-state index contributed by atoms with van der Waals surface area (Å²) in [6.07, 6.45) is 8.48. The van der Waals surface area contributed by atoms with Crippen LogP contribution < -0.4 is 10.5 Å². The van der Waals surface area contributed by atoms with Crippen molar-refractivity contribution in [2.45, 2.75) is 6.54 Å². The first-order chi connectivity index (χ1) is 9.22. The first-order valence-corrected chi connectivity index (χ1v) is 5.56. The van der Waals surface area contributed by atoms with Crippen molar-refractivity contribution in [2.24, 2.45) is 0 Å². The molecule has 5 heteroatoms. The fourth-order valence-corrected chi connectivity index (χ4v) is 1.49. The highest BCUT2D eigenvalue weighted by molar-refractivity contribution is 5.66. The lowest BCUT2D eigenvalue weighted by Gasteiger charge is -1.99. The number of aromatic nitrogens is 2. The van der Waals surface area contributed by atoms with Gasteiger partial charge in [0, 0.05) is 6.08 Å². The summed E-state index contributed by atoms with van der Waals surface area (Å²) in [7, 11) is 1.60. The number of ether oxygens (including phenoxy) is 1. The van der Waals surface area contributed by atoms with Crippen molar-refractivity contribution in [3.63, 3.8) is 0 Å². The number of hydrogen-bond acceptors (Lipinski definition) is 4. The van der Waals surface area contributed by atoms with E-state index in [1.165, 1.54) is 0 Å². The quantitative estimate of drug-likeness (QED) is 0.780. The molecular formula is C14H12N2O3. The van der Waals surface area contributed by atoms with E-state index in [2.05, 4.69) is 11.0 Å². The van der Waals surface area contributed by atoms with Crippen LogP contribution >= 0.6 is 0 Å². The molecule has 0 aliphatic carbocycles. The maximum atomic E-state index is 11.3. The van der Waals surface area contributed by atoms with Crippen LogP contribution in [0.1, 0.15) is 11.5 Å². The minimum Gasteiger partial charge on any atom is -0.497 e. The van der Waals surface area contributed by atoms with Crippen LogP contribution in [-0.2, 0) is 6.54 Å². The minimum atomic E-state index is -0.566. The summed E-state index contributed by atoms with van der Waals surface area (Å²) in [5.74, 6) is 2.72. The molecule has 96 valence electrons. The molecule has 2 aromatic rings. The van der Waals surface area contributed by atoms with E-state index in [4.69, 9.17) is 15.6 Å². The Balaban J connectivity index is 2.20. The van der Waals surface area contributed by atoms with Crippen molar-refractivity contribution in [2.75, 3.05) is 7.11 Å². The summed E-state index contributed by atoms with van der Waals surface area (Å²) in [5, 5.41) is 3.93. The van der Waals surface area contributed by atoms with Crippen LogP contribution in [0.2, 0.25) is 0 Å². The lowest BCUT2D eigenvalue weighted by molar-refractivity contribution is 0.414. The van der Waals surface area contributed by atoms with Crippen molar-refractivity contribution in [1.29, 1.82) is 0 Å². The molecule has 1 aromatic carbocycles. The van der Waals surface area contributed by atoms with Gasteiger partial charge >= 0.3 is 5.76 Å². The monoisotopic (exact) mass is 256 g/mol. The van der Waals surface area contributed by atoms with Crippen molar-refractivity contribution in [3.8, 4) is 18.1 Å². The number of hydrogen-bond donors (Lipinski definition) is 0. The molecule has 0 aliphatic rings. The van der Waals surface area contributed by atoms with Crippen molar-refractivity contribution in [1.82, 2.24) is 9.78 Å². The number of benzene rings is 1. The molecular weight excluding hydrogens is 244 g/mol. The summed E-state index contributed by atoms with van der Waals surface area (Å²) >= 11 is 0. The molecule has 0 N–H and O–H groups in total. The third-order valence-corrected chi connectivity index (χ3v) is 2.38. The number of rotatable bonds is 4. The minimum absolute atomic E-state index is 0.0926. The van der Waals surface area contributed by atoms with Gasteiger partial charge in [-0.15, -0.1) is 11.5 Å². The first kappa shape index (κ1) is 12.7. The molecule has 0 saturated carbocycles. The molecule has 1 aromatic heterocycles. The van der Waals surface area contributed by atoms with E-state index < -0.39 is 5.76 Å². The Morgan fingerprint density at radius 3 is 3.11 bits per heavy atom. The molecule has 0 saturated heterocycles. The van der Waals surface area contributed by atoms with Crippen LogP contribution in [-0.4, -0.2) is 16.9 Å². The van der Waals surface area contributed by atoms with Gasteiger partial charge in [-0.05, 0) is 23.8 Å². The second kappa shape index (κ2) is 5.74. The lowest BCUT2D eigenvalue weighted by atomic mass is 10.2. The Labute approximate surface area is 110 Å². The maximum absolute atomic E-state index is 11.3. The Kier molecular flexibility index (Phi) is 3.84. The van der Waals surface area contributed by atoms with Gasteiger partial charge in [0.2, 0.25) is 5.89 Å².